The summed E-state index contributed by atoms with van der Waals surface area (Å²) < 4.78 is 12.7. The topological polar surface area (TPSA) is 138 Å². The number of fused-ring (bicyclic) bond motifs is 1. The van der Waals surface area contributed by atoms with Gasteiger partial charge in [0, 0.05) is 7.05 Å². The van der Waals surface area contributed by atoms with Crippen molar-refractivity contribution in [2.24, 2.45) is 0 Å². The molecule has 0 spiro atoms. The summed E-state index contributed by atoms with van der Waals surface area (Å²) in [4.78, 5) is 12.7. The maximum absolute atomic E-state index is 10.3. The Hall–Kier alpha value is -2.54. The highest BCUT2D eigenvalue weighted by molar-refractivity contribution is 6.28. The van der Waals surface area contributed by atoms with Gasteiger partial charge in [0.15, 0.2) is 23.2 Å². The molecule has 4 N–H and O–H groups in total. The molecule has 1 saturated heterocycles. The molecule has 4 rings (SSSR count). The summed E-state index contributed by atoms with van der Waals surface area (Å²) in [5.74, 6) is 1.14. The van der Waals surface area contributed by atoms with E-state index in [0.717, 1.165) is 5.75 Å². The van der Waals surface area contributed by atoms with Crippen molar-refractivity contribution in [3.05, 3.63) is 41.9 Å². The molecule has 0 bridgehead atoms. The number of anilines is 1. The number of nitrogens with one attached hydrogen (secondary N) is 1. The van der Waals surface area contributed by atoms with E-state index in [1.54, 1.807) is 5.01 Å². The average molecular weight is 451 g/mol. The first-order valence-corrected chi connectivity index (χ1v) is 10.0. The minimum Gasteiger partial charge on any atom is -0.492 e. The second kappa shape index (κ2) is 9.30. The Bertz CT molecular complexity index is 1020. The lowest BCUT2D eigenvalue weighted by Gasteiger charge is -2.19. The van der Waals surface area contributed by atoms with E-state index in [0.29, 0.717) is 30.1 Å². The first-order chi connectivity index (χ1) is 15.0. The SMILES string of the molecule is CN(CCOc1ccccc1)Nc1nc(Cl)nc2c1ncn2C1OC(CO)C(O)C1O. The zero-order valence-electron chi connectivity index (χ0n) is 16.7. The van der Waals surface area contributed by atoms with Gasteiger partial charge in [-0.3, -0.25) is 4.57 Å². The maximum Gasteiger partial charge on any atom is 0.226 e. The van der Waals surface area contributed by atoms with Crippen LogP contribution in [0.5, 0.6) is 5.75 Å². The second-order valence-electron chi connectivity index (χ2n) is 7.09. The minimum absolute atomic E-state index is 0.0302. The predicted molar refractivity (Wildman–Crippen MR) is 112 cm³/mol. The smallest absolute Gasteiger partial charge is 0.226 e. The standard InChI is InChI=1S/C19H23ClN6O5/c1-25(7-8-30-11-5-3-2-4-6-11)24-16-13-17(23-19(20)22-16)26(10-21-13)18-15(29)14(28)12(9-27)31-18/h2-6,10,12,14-15,18,27-29H,7-9H2,1H3,(H,22,23,24). The third-order valence-corrected chi connectivity index (χ3v) is 5.09. The number of imidazole rings is 1. The third kappa shape index (κ3) is 4.56. The maximum atomic E-state index is 10.3. The van der Waals surface area contributed by atoms with Gasteiger partial charge in [-0.1, -0.05) is 18.2 Å². The third-order valence-electron chi connectivity index (χ3n) is 4.92. The summed E-state index contributed by atoms with van der Waals surface area (Å²) in [7, 11) is 1.82. The second-order valence-corrected chi connectivity index (χ2v) is 7.43. The van der Waals surface area contributed by atoms with Crippen LogP contribution in [0.3, 0.4) is 0 Å². The highest BCUT2D eigenvalue weighted by Crippen LogP contribution is 2.32. The normalized spacial score (nSPS) is 23.5. The van der Waals surface area contributed by atoms with Crippen molar-refractivity contribution in [2.75, 3.05) is 32.2 Å². The first-order valence-electron chi connectivity index (χ1n) is 9.66. The summed E-state index contributed by atoms with van der Waals surface area (Å²) in [6.07, 6.45) is -2.98. The molecule has 1 aliphatic rings. The number of nitrogens with zero attached hydrogens (tertiary/aromatic N) is 5. The summed E-state index contributed by atoms with van der Waals surface area (Å²) in [6.45, 7) is 0.541. The number of likely N-dealkylation sites (N-methyl/N-ethyl adjacent to an activating group) is 1. The quantitative estimate of drug-likeness (QED) is 0.282. The highest BCUT2D eigenvalue weighted by atomic mass is 35.5. The fourth-order valence-corrected chi connectivity index (χ4v) is 3.48. The minimum atomic E-state index is -1.27. The Morgan fingerprint density at radius 2 is 2.00 bits per heavy atom. The lowest BCUT2D eigenvalue weighted by atomic mass is 10.1. The van der Waals surface area contributed by atoms with Gasteiger partial charge < -0.3 is 30.2 Å². The van der Waals surface area contributed by atoms with Crippen molar-refractivity contribution in [1.29, 1.82) is 0 Å². The van der Waals surface area contributed by atoms with Crippen LogP contribution in [0.1, 0.15) is 6.23 Å². The molecule has 1 aromatic carbocycles. The van der Waals surface area contributed by atoms with Crippen molar-refractivity contribution in [1.82, 2.24) is 24.5 Å². The van der Waals surface area contributed by atoms with Crippen molar-refractivity contribution < 1.29 is 24.8 Å². The molecule has 0 saturated carbocycles. The monoisotopic (exact) mass is 450 g/mol. The molecule has 1 aliphatic heterocycles. The molecule has 166 valence electrons. The highest BCUT2D eigenvalue weighted by Gasteiger charge is 2.44. The van der Waals surface area contributed by atoms with Gasteiger partial charge in [-0.15, -0.1) is 0 Å². The van der Waals surface area contributed by atoms with E-state index in [1.165, 1.54) is 10.9 Å². The van der Waals surface area contributed by atoms with Gasteiger partial charge in [0.25, 0.3) is 0 Å². The van der Waals surface area contributed by atoms with Crippen LogP contribution in [0.15, 0.2) is 36.7 Å². The first kappa shape index (κ1) is 21.7. The molecule has 0 aliphatic carbocycles. The number of aliphatic hydroxyl groups is 3. The number of benzene rings is 1. The number of para-hydroxylation sites is 1. The molecule has 0 amide bonds. The zero-order valence-corrected chi connectivity index (χ0v) is 17.4. The number of hydrogen-bond acceptors (Lipinski definition) is 10. The van der Waals surface area contributed by atoms with Crippen LogP contribution in [0.4, 0.5) is 5.82 Å². The molecule has 3 aromatic rings. The van der Waals surface area contributed by atoms with Crippen molar-refractivity contribution >= 4 is 28.6 Å². The van der Waals surface area contributed by atoms with E-state index in [1.807, 2.05) is 37.4 Å². The predicted octanol–water partition coefficient (Wildman–Crippen LogP) is 0.429. The van der Waals surface area contributed by atoms with Crippen LogP contribution in [-0.2, 0) is 4.74 Å². The van der Waals surface area contributed by atoms with Crippen LogP contribution < -0.4 is 10.2 Å². The van der Waals surface area contributed by atoms with Gasteiger partial charge in [-0.2, -0.15) is 9.97 Å². The van der Waals surface area contributed by atoms with Gasteiger partial charge >= 0.3 is 0 Å². The number of aromatic nitrogens is 4. The van der Waals surface area contributed by atoms with E-state index in [4.69, 9.17) is 21.1 Å². The van der Waals surface area contributed by atoms with Crippen LogP contribution in [0, 0.1) is 0 Å². The fourth-order valence-electron chi connectivity index (χ4n) is 3.32. The fraction of sp³-hybridized carbons (Fsp3) is 0.421. The van der Waals surface area contributed by atoms with E-state index in [-0.39, 0.29) is 5.28 Å². The van der Waals surface area contributed by atoms with Crippen molar-refractivity contribution in [2.45, 2.75) is 24.5 Å². The molecule has 12 heteroatoms. The van der Waals surface area contributed by atoms with Crippen LogP contribution >= 0.6 is 11.6 Å². The Morgan fingerprint density at radius 3 is 2.71 bits per heavy atom. The molecular formula is C19H23ClN6O5. The lowest BCUT2D eigenvalue weighted by molar-refractivity contribution is -0.0511. The van der Waals surface area contributed by atoms with E-state index in [2.05, 4.69) is 20.4 Å². The summed E-state index contributed by atoms with van der Waals surface area (Å²) in [5, 5.41) is 31.4. The molecule has 4 atom stereocenters. The molecule has 11 nitrogen and oxygen atoms in total. The number of halogens is 1. The number of rotatable bonds is 8. The van der Waals surface area contributed by atoms with E-state index >= 15 is 0 Å². The molecule has 1 fully saturated rings. The molecule has 4 unspecified atom stereocenters. The molecule has 31 heavy (non-hydrogen) atoms. The van der Waals surface area contributed by atoms with Gasteiger partial charge in [0.1, 0.15) is 30.7 Å². The van der Waals surface area contributed by atoms with Crippen LogP contribution in [0.25, 0.3) is 11.2 Å². The van der Waals surface area contributed by atoms with Crippen LogP contribution in [0.2, 0.25) is 5.28 Å². The van der Waals surface area contributed by atoms with Crippen molar-refractivity contribution in [3.8, 4) is 5.75 Å². The number of aliphatic hydroxyl groups excluding tert-OH is 3. The molecule has 3 heterocycles. The van der Waals surface area contributed by atoms with Gasteiger partial charge in [-0.25, -0.2) is 9.99 Å². The molecular weight excluding hydrogens is 428 g/mol. The lowest BCUT2D eigenvalue weighted by Crippen LogP contribution is -2.33. The van der Waals surface area contributed by atoms with E-state index in [9.17, 15) is 15.3 Å². The van der Waals surface area contributed by atoms with Crippen LogP contribution in [-0.4, -0.2) is 85.0 Å². The summed E-state index contributed by atoms with van der Waals surface area (Å²) in [5.41, 5.74) is 3.82. The number of hydrazine groups is 1. The largest absolute Gasteiger partial charge is 0.492 e. The summed E-state index contributed by atoms with van der Waals surface area (Å²) in [6, 6.07) is 9.49. The van der Waals surface area contributed by atoms with Gasteiger partial charge in [0.05, 0.1) is 19.5 Å². The Kier molecular flexibility index (Phi) is 6.51. The Labute approximate surface area is 182 Å². The molecule has 0 radical (unpaired) electrons. The summed E-state index contributed by atoms with van der Waals surface area (Å²) >= 11 is 6.11. The number of hydrogen-bond donors (Lipinski definition) is 4. The average Bonchev–Trinajstić information content (AvgIpc) is 3.30. The number of ether oxygens (including phenoxy) is 2. The Balaban J connectivity index is 1.49. The van der Waals surface area contributed by atoms with Gasteiger partial charge in [-0.05, 0) is 23.7 Å². The molecule has 2 aromatic heterocycles. The van der Waals surface area contributed by atoms with Crippen molar-refractivity contribution in [3.63, 3.8) is 0 Å². The Morgan fingerprint density at radius 1 is 1.23 bits per heavy atom. The zero-order chi connectivity index (χ0) is 22.0. The van der Waals surface area contributed by atoms with E-state index < -0.39 is 31.1 Å². The van der Waals surface area contributed by atoms with Gasteiger partial charge in [0.2, 0.25) is 5.28 Å².